The summed E-state index contributed by atoms with van der Waals surface area (Å²) in [5, 5.41) is 21.0. The number of nitrogens with zero attached hydrogens (tertiary/aromatic N) is 3. The number of hydrogen-bond acceptors (Lipinski definition) is 6. The molecule has 1 rings (SSSR count). The number of hydrogen-bond donors (Lipinski definition) is 1. The minimum Gasteiger partial charge on any atom is -0.430 e. The molecule has 0 fully saturated rings. The highest BCUT2D eigenvalue weighted by Gasteiger charge is 2.24. The summed E-state index contributed by atoms with van der Waals surface area (Å²) in [6.07, 6.45) is -1.57. The predicted octanol–water partition coefficient (Wildman–Crippen LogP) is 0.197. The molecule has 0 aromatic heterocycles. The summed E-state index contributed by atoms with van der Waals surface area (Å²) in [5.74, 6) is 0.151. The van der Waals surface area contributed by atoms with Gasteiger partial charge in [-0.05, 0) is 24.3 Å². The molecule has 0 saturated heterocycles. The Bertz CT molecular complexity index is 556. The minimum atomic E-state index is -1.51. The summed E-state index contributed by atoms with van der Waals surface area (Å²) in [4.78, 5) is 33.1. The molecule has 2 N–H and O–H groups in total. The van der Waals surface area contributed by atoms with Crippen molar-refractivity contribution in [1.29, 1.82) is 0 Å². The fourth-order valence-electron chi connectivity index (χ4n) is 1.42. The van der Waals surface area contributed by atoms with Crippen LogP contribution in [0.1, 0.15) is 12.0 Å². The number of aliphatic imine (C=N–C) groups is 1. The first-order valence-corrected chi connectivity index (χ1v) is 5.73. The lowest BCUT2D eigenvalue weighted by Crippen LogP contribution is -2.28. The van der Waals surface area contributed by atoms with Crippen LogP contribution in [-0.2, 0) is 4.79 Å². The van der Waals surface area contributed by atoms with Gasteiger partial charge in [0, 0.05) is 10.5 Å². The molecule has 0 aliphatic heterocycles. The fourth-order valence-corrected chi connectivity index (χ4v) is 1.42. The Morgan fingerprint density at radius 1 is 1.33 bits per heavy atom. The molecule has 112 valence electrons. The van der Waals surface area contributed by atoms with E-state index in [1.165, 1.54) is 24.3 Å². The van der Waals surface area contributed by atoms with Gasteiger partial charge in [0.05, 0.1) is 4.92 Å². The standard InChI is InChI=1S/C11H12N4O6/c12-11(13-7-16)8-1-3-9(4-2-8)21-10(15(19)20)5-6-14(17)18/h1-4,7,10H,5-6H2,(H2,12,13,16). The molecule has 0 saturated carbocycles. The van der Waals surface area contributed by atoms with Gasteiger partial charge in [-0.2, -0.15) is 4.99 Å². The van der Waals surface area contributed by atoms with E-state index in [9.17, 15) is 25.0 Å². The number of nitro groups is 2. The molecule has 0 aliphatic rings. The average Bonchev–Trinajstić information content (AvgIpc) is 2.43. The SMILES string of the molecule is N/C(=N\C=O)c1ccc(OC(CC[N+](=O)[O-])[N+](=O)[O-])cc1. The van der Waals surface area contributed by atoms with Gasteiger partial charge in [-0.1, -0.05) is 0 Å². The zero-order chi connectivity index (χ0) is 15.8. The minimum absolute atomic E-state index is 0.00396. The molecule has 10 nitrogen and oxygen atoms in total. The number of ether oxygens (including phenoxy) is 1. The van der Waals surface area contributed by atoms with Crippen LogP contribution in [-0.4, -0.2) is 34.9 Å². The molecule has 1 aromatic carbocycles. The van der Waals surface area contributed by atoms with Gasteiger partial charge in [0.15, 0.2) is 0 Å². The lowest BCUT2D eigenvalue weighted by molar-refractivity contribution is -0.575. The molecule has 0 radical (unpaired) electrons. The highest BCUT2D eigenvalue weighted by molar-refractivity contribution is 6.00. The first-order valence-electron chi connectivity index (χ1n) is 5.73. The largest absolute Gasteiger partial charge is 0.430 e. The van der Waals surface area contributed by atoms with Crippen molar-refractivity contribution in [1.82, 2.24) is 0 Å². The van der Waals surface area contributed by atoms with Crippen LogP contribution < -0.4 is 10.5 Å². The van der Waals surface area contributed by atoms with Crippen molar-refractivity contribution in [3.8, 4) is 5.75 Å². The van der Waals surface area contributed by atoms with Gasteiger partial charge in [0.2, 0.25) is 13.0 Å². The van der Waals surface area contributed by atoms with Crippen molar-refractivity contribution < 1.29 is 19.4 Å². The van der Waals surface area contributed by atoms with Crippen LogP contribution in [0.5, 0.6) is 5.75 Å². The molecular weight excluding hydrogens is 284 g/mol. The fraction of sp³-hybridized carbons (Fsp3) is 0.273. The number of carbonyl (C=O) groups excluding carboxylic acids is 1. The van der Waals surface area contributed by atoms with E-state index in [1.807, 2.05) is 0 Å². The van der Waals surface area contributed by atoms with Crippen molar-refractivity contribution in [2.24, 2.45) is 10.7 Å². The molecule has 0 heterocycles. The monoisotopic (exact) mass is 296 g/mol. The van der Waals surface area contributed by atoms with Gasteiger partial charge in [-0.3, -0.25) is 25.0 Å². The third-order valence-electron chi connectivity index (χ3n) is 2.41. The molecule has 0 aliphatic carbocycles. The van der Waals surface area contributed by atoms with Crippen molar-refractivity contribution in [3.05, 3.63) is 50.1 Å². The second-order valence-electron chi connectivity index (χ2n) is 3.85. The van der Waals surface area contributed by atoms with E-state index >= 15 is 0 Å². The van der Waals surface area contributed by atoms with Crippen LogP contribution in [0, 0.1) is 20.2 Å². The lowest BCUT2D eigenvalue weighted by Gasteiger charge is -2.10. The van der Waals surface area contributed by atoms with Crippen molar-refractivity contribution in [3.63, 3.8) is 0 Å². The number of amidine groups is 1. The Kier molecular flexibility index (Phi) is 5.74. The predicted molar refractivity (Wildman–Crippen MR) is 71.1 cm³/mol. The maximum atomic E-state index is 10.8. The van der Waals surface area contributed by atoms with Gasteiger partial charge in [-0.25, -0.2) is 0 Å². The molecule has 10 heteroatoms. The van der Waals surface area contributed by atoms with Crippen molar-refractivity contribution in [2.45, 2.75) is 12.6 Å². The van der Waals surface area contributed by atoms with Crippen LogP contribution in [0.25, 0.3) is 0 Å². The van der Waals surface area contributed by atoms with Crippen LogP contribution in [0.3, 0.4) is 0 Å². The summed E-state index contributed by atoms with van der Waals surface area (Å²) < 4.78 is 5.07. The number of benzene rings is 1. The first-order chi connectivity index (χ1) is 9.93. The van der Waals surface area contributed by atoms with Crippen molar-refractivity contribution in [2.75, 3.05) is 6.54 Å². The second-order valence-corrected chi connectivity index (χ2v) is 3.85. The van der Waals surface area contributed by atoms with E-state index in [-0.39, 0.29) is 18.0 Å². The number of amides is 1. The van der Waals surface area contributed by atoms with Gasteiger partial charge in [0.25, 0.3) is 0 Å². The van der Waals surface area contributed by atoms with E-state index in [4.69, 9.17) is 10.5 Å². The first kappa shape index (κ1) is 16.0. The summed E-state index contributed by atoms with van der Waals surface area (Å²) in [5.41, 5.74) is 5.92. The highest BCUT2D eigenvalue weighted by Crippen LogP contribution is 2.15. The van der Waals surface area contributed by atoms with Gasteiger partial charge in [-0.15, -0.1) is 0 Å². The zero-order valence-electron chi connectivity index (χ0n) is 10.7. The summed E-state index contributed by atoms with van der Waals surface area (Å²) in [6, 6.07) is 5.71. The smallest absolute Gasteiger partial charge is 0.360 e. The maximum absolute atomic E-state index is 10.8. The van der Waals surface area contributed by atoms with E-state index < -0.39 is 22.6 Å². The van der Waals surface area contributed by atoms with Crippen LogP contribution in [0.2, 0.25) is 0 Å². The molecule has 1 atom stereocenters. The molecule has 0 spiro atoms. The van der Waals surface area contributed by atoms with Gasteiger partial charge in [0.1, 0.15) is 18.0 Å². The lowest BCUT2D eigenvalue weighted by atomic mass is 10.2. The van der Waals surface area contributed by atoms with E-state index in [1.54, 1.807) is 0 Å². The highest BCUT2D eigenvalue weighted by atomic mass is 16.7. The summed E-state index contributed by atoms with van der Waals surface area (Å²) >= 11 is 0. The Balaban J connectivity index is 2.76. The third-order valence-corrected chi connectivity index (χ3v) is 2.41. The average molecular weight is 296 g/mol. The Labute approximate surface area is 118 Å². The Morgan fingerprint density at radius 3 is 2.43 bits per heavy atom. The molecular formula is C11H12N4O6. The molecule has 1 aromatic rings. The molecule has 0 bridgehead atoms. The summed E-state index contributed by atoms with van der Waals surface area (Å²) in [6.45, 7) is -0.567. The molecule has 1 amide bonds. The van der Waals surface area contributed by atoms with Crippen LogP contribution in [0.15, 0.2) is 29.3 Å². The van der Waals surface area contributed by atoms with Gasteiger partial charge < -0.3 is 10.5 Å². The topological polar surface area (TPSA) is 151 Å². The molecule has 1 unspecified atom stereocenters. The van der Waals surface area contributed by atoms with E-state index in [0.717, 1.165) is 0 Å². The quantitative estimate of drug-likeness (QED) is 0.179. The van der Waals surface area contributed by atoms with Gasteiger partial charge >= 0.3 is 6.23 Å². The van der Waals surface area contributed by atoms with Crippen molar-refractivity contribution >= 4 is 12.2 Å². The van der Waals surface area contributed by atoms with Crippen LogP contribution in [0.4, 0.5) is 0 Å². The third kappa shape index (κ3) is 5.22. The number of carbonyl (C=O) groups is 1. The van der Waals surface area contributed by atoms with E-state index in [0.29, 0.717) is 12.0 Å². The van der Waals surface area contributed by atoms with Crippen LogP contribution >= 0.6 is 0 Å². The number of nitrogens with two attached hydrogens (primary N) is 1. The Morgan fingerprint density at radius 2 is 1.95 bits per heavy atom. The molecule has 21 heavy (non-hydrogen) atoms. The second kappa shape index (κ2) is 7.53. The summed E-state index contributed by atoms with van der Waals surface area (Å²) in [7, 11) is 0. The maximum Gasteiger partial charge on any atom is 0.360 e. The normalized spacial score (nSPS) is 12.5. The van der Waals surface area contributed by atoms with E-state index in [2.05, 4.69) is 4.99 Å². The Hall–Kier alpha value is -3.04. The number of rotatable bonds is 8. The zero-order valence-corrected chi connectivity index (χ0v) is 10.7.